The van der Waals surface area contributed by atoms with Gasteiger partial charge >= 0.3 is 0 Å². The van der Waals surface area contributed by atoms with Gasteiger partial charge in [-0.15, -0.1) is 0 Å². The van der Waals surface area contributed by atoms with Crippen molar-refractivity contribution in [3.63, 3.8) is 0 Å². The summed E-state index contributed by atoms with van der Waals surface area (Å²) in [4.78, 5) is 25.1. The van der Waals surface area contributed by atoms with Crippen molar-refractivity contribution in [3.8, 4) is 0 Å². The second kappa shape index (κ2) is 8.56. The molecular formula is C20H22F2N2O2. The van der Waals surface area contributed by atoms with Crippen molar-refractivity contribution >= 4 is 17.5 Å². The van der Waals surface area contributed by atoms with Crippen molar-refractivity contribution in [2.45, 2.75) is 33.2 Å². The summed E-state index contributed by atoms with van der Waals surface area (Å²) in [5.41, 5.74) is 1.28. The number of nitrogens with one attached hydrogen (secondary N) is 2. The number of carbonyl (C=O) groups excluding carboxylic acids is 2. The molecule has 1 unspecified atom stereocenters. The lowest BCUT2D eigenvalue weighted by Gasteiger charge is -2.21. The Balaban J connectivity index is 2.16. The van der Waals surface area contributed by atoms with E-state index in [0.717, 1.165) is 23.8 Å². The standard InChI is InChI=1S/C20H22F2N2O2/c1-12(2)8-18(24-19(25)17-7-5-4-6-13(17)3)20(26)23-16-10-14(21)9-15(22)11-16/h4-7,9-12,18H,8H2,1-3H3,(H,23,26)(H,24,25). The fourth-order valence-electron chi connectivity index (χ4n) is 2.62. The molecule has 0 heterocycles. The molecule has 6 heteroatoms. The monoisotopic (exact) mass is 360 g/mol. The van der Waals surface area contributed by atoms with Crippen LogP contribution in [0.4, 0.5) is 14.5 Å². The summed E-state index contributed by atoms with van der Waals surface area (Å²) in [6, 6.07) is 9.00. The van der Waals surface area contributed by atoms with Crippen molar-refractivity contribution < 1.29 is 18.4 Å². The van der Waals surface area contributed by atoms with Gasteiger partial charge in [-0.3, -0.25) is 9.59 Å². The Morgan fingerprint density at radius 3 is 2.23 bits per heavy atom. The highest BCUT2D eigenvalue weighted by atomic mass is 19.1. The molecule has 26 heavy (non-hydrogen) atoms. The van der Waals surface area contributed by atoms with Crippen molar-refractivity contribution in [1.82, 2.24) is 5.32 Å². The van der Waals surface area contributed by atoms with E-state index in [1.807, 2.05) is 32.9 Å². The summed E-state index contributed by atoms with van der Waals surface area (Å²) in [6.07, 6.45) is 0.390. The Hall–Kier alpha value is -2.76. The highest BCUT2D eigenvalue weighted by Crippen LogP contribution is 2.15. The van der Waals surface area contributed by atoms with E-state index < -0.39 is 23.6 Å². The highest BCUT2D eigenvalue weighted by molar-refractivity contribution is 6.01. The van der Waals surface area contributed by atoms with E-state index in [1.54, 1.807) is 12.1 Å². The quantitative estimate of drug-likeness (QED) is 0.816. The van der Waals surface area contributed by atoms with Crippen LogP contribution in [0.25, 0.3) is 0 Å². The van der Waals surface area contributed by atoms with Crippen molar-refractivity contribution in [2.75, 3.05) is 5.32 Å². The van der Waals surface area contributed by atoms with E-state index in [9.17, 15) is 18.4 Å². The zero-order valence-corrected chi connectivity index (χ0v) is 15.0. The van der Waals surface area contributed by atoms with Crippen molar-refractivity contribution in [3.05, 3.63) is 65.2 Å². The number of benzene rings is 2. The van der Waals surface area contributed by atoms with Crippen LogP contribution in [0.3, 0.4) is 0 Å². The van der Waals surface area contributed by atoms with Crippen LogP contribution in [0, 0.1) is 24.5 Å². The molecule has 0 aliphatic rings. The lowest BCUT2D eigenvalue weighted by atomic mass is 10.0. The molecule has 2 amide bonds. The third-order valence-electron chi connectivity index (χ3n) is 3.85. The maximum atomic E-state index is 13.3. The lowest BCUT2D eigenvalue weighted by Crippen LogP contribution is -2.44. The van der Waals surface area contributed by atoms with Gasteiger partial charge in [0.05, 0.1) is 0 Å². The van der Waals surface area contributed by atoms with Gasteiger partial charge in [0, 0.05) is 17.3 Å². The molecule has 2 N–H and O–H groups in total. The number of anilines is 1. The van der Waals surface area contributed by atoms with E-state index in [0.29, 0.717) is 12.0 Å². The molecule has 0 spiro atoms. The van der Waals surface area contributed by atoms with Gasteiger partial charge in [0.25, 0.3) is 5.91 Å². The molecule has 0 aliphatic carbocycles. The van der Waals surface area contributed by atoms with Gasteiger partial charge in [-0.05, 0) is 43.0 Å². The minimum absolute atomic E-state index is 0.00592. The minimum Gasteiger partial charge on any atom is -0.340 e. The Kier molecular flexibility index (Phi) is 6.44. The van der Waals surface area contributed by atoms with Crippen LogP contribution < -0.4 is 10.6 Å². The number of halogens is 2. The van der Waals surface area contributed by atoms with E-state index >= 15 is 0 Å². The van der Waals surface area contributed by atoms with Crippen LogP contribution in [-0.2, 0) is 4.79 Å². The molecule has 2 aromatic rings. The molecule has 4 nitrogen and oxygen atoms in total. The maximum Gasteiger partial charge on any atom is 0.252 e. The first-order valence-corrected chi connectivity index (χ1v) is 8.39. The topological polar surface area (TPSA) is 58.2 Å². The Labute approximate surface area is 151 Å². The van der Waals surface area contributed by atoms with Gasteiger partial charge in [-0.2, -0.15) is 0 Å². The molecule has 0 aliphatic heterocycles. The fraction of sp³-hybridized carbons (Fsp3) is 0.300. The average molecular weight is 360 g/mol. The highest BCUT2D eigenvalue weighted by Gasteiger charge is 2.23. The Morgan fingerprint density at radius 1 is 1.04 bits per heavy atom. The number of amides is 2. The molecule has 0 saturated heterocycles. The van der Waals surface area contributed by atoms with E-state index in [4.69, 9.17) is 0 Å². The van der Waals surface area contributed by atoms with E-state index in [2.05, 4.69) is 10.6 Å². The zero-order chi connectivity index (χ0) is 19.3. The summed E-state index contributed by atoms with van der Waals surface area (Å²) in [5, 5.41) is 5.18. The number of rotatable bonds is 6. The first-order chi connectivity index (χ1) is 12.3. The maximum absolute atomic E-state index is 13.3. The van der Waals surface area contributed by atoms with Gasteiger partial charge in [-0.25, -0.2) is 8.78 Å². The van der Waals surface area contributed by atoms with Gasteiger partial charge in [-0.1, -0.05) is 32.0 Å². The Morgan fingerprint density at radius 2 is 1.65 bits per heavy atom. The molecule has 138 valence electrons. The van der Waals surface area contributed by atoms with Crippen LogP contribution in [0.2, 0.25) is 0 Å². The second-order valence-electron chi connectivity index (χ2n) is 6.62. The van der Waals surface area contributed by atoms with Gasteiger partial charge in [0.1, 0.15) is 17.7 Å². The molecular weight excluding hydrogens is 338 g/mol. The predicted molar refractivity (Wildman–Crippen MR) is 96.9 cm³/mol. The molecule has 0 aromatic heterocycles. The van der Waals surface area contributed by atoms with Crippen molar-refractivity contribution in [2.24, 2.45) is 5.92 Å². The van der Waals surface area contributed by atoms with Crippen LogP contribution in [-0.4, -0.2) is 17.9 Å². The lowest BCUT2D eigenvalue weighted by molar-refractivity contribution is -0.118. The Bertz CT molecular complexity index is 786. The number of hydrogen-bond donors (Lipinski definition) is 2. The molecule has 2 rings (SSSR count). The molecule has 0 saturated carbocycles. The molecule has 2 aromatic carbocycles. The third-order valence-corrected chi connectivity index (χ3v) is 3.85. The molecule has 0 fully saturated rings. The minimum atomic E-state index is -0.826. The smallest absolute Gasteiger partial charge is 0.252 e. The molecule has 0 bridgehead atoms. The molecule has 0 radical (unpaired) electrons. The summed E-state index contributed by atoms with van der Waals surface area (Å²) >= 11 is 0. The SMILES string of the molecule is Cc1ccccc1C(=O)NC(CC(C)C)C(=O)Nc1cc(F)cc(F)c1. The van der Waals surface area contributed by atoms with Crippen molar-refractivity contribution in [1.29, 1.82) is 0 Å². The number of aryl methyl sites for hydroxylation is 1. The molecule has 1 atom stereocenters. The van der Waals surface area contributed by atoms with E-state index in [-0.39, 0.29) is 17.5 Å². The number of hydrogen-bond acceptors (Lipinski definition) is 2. The van der Waals surface area contributed by atoms with Crippen LogP contribution in [0.15, 0.2) is 42.5 Å². The normalized spacial score (nSPS) is 11.9. The van der Waals surface area contributed by atoms with Gasteiger partial charge in [0.2, 0.25) is 5.91 Å². The first kappa shape index (κ1) is 19.6. The van der Waals surface area contributed by atoms with E-state index in [1.165, 1.54) is 0 Å². The first-order valence-electron chi connectivity index (χ1n) is 8.39. The zero-order valence-electron chi connectivity index (χ0n) is 15.0. The third kappa shape index (κ3) is 5.37. The summed E-state index contributed by atoms with van der Waals surface area (Å²) in [6.45, 7) is 5.64. The van der Waals surface area contributed by atoms with Crippen LogP contribution >= 0.6 is 0 Å². The summed E-state index contributed by atoms with van der Waals surface area (Å²) < 4.78 is 26.6. The average Bonchev–Trinajstić information content (AvgIpc) is 2.53. The second-order valence-corrected chi connectivity index (χ2v) is 6.62. The van der Waals surface area contributed by atoms with Crippen LogP contribution in [0.1, 0.15) is 36.2 Å². The number of carbonyl (C=O) groups is 2. The van der Waals surface area contributed by atoms with Gasteiger partial charge in [0.15, 0.2) is 0 Å². The summed E-state index contributed by atoms with van der Waals surface area (Å²) in [5.74, 6) is -2.33. The fourth-order valence-corrected chi connectivity index (χ4v) is 2.62. The van der Waals surface area contributed by atoms with Crippen LogP contribution in [0.5, 0.6) is 0 Å². The largest absolute Gasteiger partial charge is 0.340 e. The van der Waals surface area contributed by atoms with Gasteiger partial charge < -0.3 is 10.6 Å². The summed E-state index contributed by atoms with van der Waals surface area (Å²) in [7, 11) is 0. The predicted octanol–water partition coefficient (Wildman–Crippen LogP) is 4.06.